The highest BCUT2D eigenvalue weighted by Gasteiger charge is 2.29. The molecule has 0 spiro atoms. The van der Waals surface area contributed by atoms with Crippen molar-refractivity contribution in [2.45, 2.75) is 12.8 Å². The number of nitrogens with one attached hydrogen (secondary N) is 1. The molecule has 0 radical (unpaired) electrons. The van der Waals surface area contributed by atoms with Gasteiger partial charge in [-0.15, -0.1) is 5.10 Å². The van der Waals surface area contributed by atoms with Crippen molar-refractivity contribution in [3.63, 3.8) is 0 Å². The van der Waals surface area contributed by atoms with Gasteiger partial charge >= 0.3 is 0 Å². The Morgan fingerprint density at radius 2 is 2.04 bits per heavy atom. The zero-order chi connectivity index (χ0) is 17.9. The van der Waals surface area contributed by atoms with Crippen molar-refractivity contribution in [1.82, 2.24) is 23.7 Å². The van der Waals surface area contributed by atoms with E-state index >= 15 is 0 Å². The first-order valence-corrected chi connectivity index (χ1v) is 9.18. The van der Waals surface area contributed by atoms with Gasteiger partial charge in [-0.3, -0.25) is 9.48 Å². The summed E-state index contributed by atoms with van der Waals surface area (Å²) >= 11 is 0. The molecule has 1 aromatic rings. The molecule has 2 rings (SSSR count). The van der Waals surface area contributed by atoms with Crippen molar-refractivity contribution in [2.24, 2.45) is 13.0 Å². The van der Waals surface area contributed by atoms with E-state index in [2.05, 4.69) is 10.4 Å². The van der Waals surface area contributed by atoms with Crippen LogP contribution < -0.4 is 10.1 Å². The number of aryl methyl sites for hydroxylation is 1. The van der Waals surface area contributed by atoms with Crippen LogP contribution in [0.15, 0.2) is 6.20 Å². The maximum Gasteiger partial charge on any atom is 0.281 e. The maximum atomic E-state index is 12.2. The molecule has 1 fully saturated rings. The molecule has 0 aromatic carbocycles. The van der Waals surface area contributed by atoms with Crippen LogP contribution in [0.2, 0.25) is 0 Å². The van der Waals surface area contributed by atoms with Crippen molar-refractivity contribution in [1.29, 1.82) is 0 Å². The smallest absolute Gasteiger partial charge is 0.281 e. The summed E-state index contributed by atoms with van der Waals surface area (Å²) in [5.41, 5.74) is 0.396. The summed E-state index contributed by atoms with van der Waals surface area (Å²) in [6.45, 7) is 1.45. The van der Waals surface area contributed by atoms with Crippen molar-refractivity contribution in [3.05, 3.63) is 11.8 Å². The average molecular weight is 359 g/mol. The molecular weight excluding hydrogens is 334 g/mol. The van der Waals surface area contributed by atoms with Crippen LogP contribution in [-0.2, 0) is 17.3 Å². The van der Waals surface area contributed by atoms with Crippen LogP contribution in [0, 0.1) is 5.92 Å². The number of carbonyl (C=O) groups is 1. The van der Waals surface area contributed by atoms with E-state index < -0.39 is 10.2 Å². The Hall–Kier alpha value is -1.65. The Kier molecular flexibility index (Phi) is 5.83. The van der Waals surface area contributed by atoms with E-state index in [9.17, 15) is 13.2 Å². The number of methoxy groups -OCH3 is 1. The zero-order valence-electron chi connectivity index (χ0n) is 14.5. The molecule has 1 saturated heterocycles. The number of rotatable bonds is 6. The third kappa shape index (κ3) is 4.05. The van der Waals surface area contributed by atoms with E-state index in [4.69, 9.17) is 4.74 Å². The van der Waals surface area contributed by atoms with Gasteiger partial charge in [0.2, 0.25) is 5.88 Å². The molecule has 1 aromatic heterocycles. The highest BCUT2D eigenvalue weighted by Crippen LogP contribution is 2.20. The van der Waals surface area contributed by atoms with Crippen LogP contribution in [0.3, 0.4) is 0 Å². The highest BCUT2D eigenvalue weighted by atomic mass is 32.2. The van der Waals surface area contributed by atoms with E-state index in [1.165, 1.54) is 34.5 Å². The number of piperidine rings is 1. The SMILES string of the molecule is COc1nn(C)cc1C(=O)NCC1CCN(S(=O)(=O)N(C)C)CC1. The fourth-order valence-electron chi connectivity index (χ4n) is 2.68. The average Bonchev–Trinajstić information content (AvgIpc) is 2.94. The van der Waals surface area contributed by atoms with Gasteiger partial charge in [0.15, 0.2) is 0 Å². The molecule has 136 valence electrons. The van der Waals surface area contributed by atoms with Crippen LogP contribution in [-0.4, -0.2) is 73.6 Å². The van der Waals surface area contributed by atoms with Crippen molar-refractivity contribution in [2.75, 3.05) is 40.8 Å². The number of ether oxygens (including phenoxy) is 1. The molecule has 0 unspecified atom stereocenters. The van der Waals surface area contributed by atoms with Gasteiger partial charge in [-0.2, -0.15) is 17.0 Å². The molecule has 1 amide bonds. The van der Waals surface area contributed by atoms with E-state index in [0.29, 0.717) is 31.1 Å². The lowest BCUT2D eigenvalue weighted by Crippen LogP contribution is -2.45. The van der Waals surface area contributed by atoms with Crippen LogP contribution >= 0.6 is 0 Å². The number of nitrogens with zero attached hydrogens (tertiary/aromatic N) is 4. The van der Waals surface area contributed by atoms with Crippen molar-refractivity contribution in [3.8, 4) is 5.88 Å². The number of amides is 1. The minimum atomic E-state index is -3.35. The predicted octanol–water partition coefficient (Wildman–Crippen LogP) is -0.323. The Morgan fingerprint density at radius 1 is 1.42 bits per heavy atom. The zero-order valence-corrected chi connectivity index (χ0v) is 15.3. The Balaban J connectivity index is 1.85. The van der Waals surface area contributed by atoms with Gasteiger partial charge < -0.3 is 10.1 Å². The molecule has 24 heavy (non-hydrogen) atoms. The van der Waals surface area contributed by atoms with Gasteiger partial charge in [0.25, 0.3) is 16.1 Å². The minimum absolute atomic E-state index is 0.233. The Labute approximate surface area is 142 Å². The lowest BCUT2D eigenvalue weighted by Gasteiger charge is -2.32. The fourth-order valence-corrected chi connectivity index (χ4v) is 3.82. The lowest BCUT2D eigenvalue weighted by molar-refractivity contribution is 0.0938. The molecule has 1 N–H and O–H groups in total. The van der Waals surface area contributed by atoms with Gasteiger partial charge in [-0.25, -0.2) is 0 Å². The van der Waals surface area contributed by atoms with Crippen LogP contribution in [0.25, 0.3) is 0 Å². The lowest BCUT2D eigenvalue weighted by atomic mass is 9.98. The minimum Gasteiger partial charge on any atom is -0.479 e. The van der Waals surface area contributed by atoms with Crippen molar-refractivity contribution >= 4 is 16.1 Å². The summed E-state index contributed by atoms with van der Waals surface area (Å²) < 4.78 is 33.5. The van der Waals surface area contributed by atoms with Crippen molar-refractivity contribution < 1.29 is 17.9 Å². The summed E-state index contributed by atoms with van der Waals surface area (Å²) in [6.07, 6.45) is 3.05. The van der Waals surface area contributed by atoms with Gasteiger partial charge in [0.1, 0.15) is 5.56 Å². The first kappa shape index (κ1) is 18.7. The van der Waals surface area contributed by atoms with E-state index in [-0.39, 0.29) is 11.8 Å². The molecule has 2 heterocycles. The third-order valence-electron chi connectivity index (χ3n) is 4.15. The Morgan fingerprint density at radius 3 is 2.58 bits per heavy atom. The van der Waals surface area contributed by atoms with Crippen LogP contribution in [0.5, 0.6) is 5.88 Å². The molecule has 9 nitrogen and oxygen atoms in total. The molecule has 1 aliphatic heterocycles. The first-order valence-electron chi connectivity index (χ1n) is 7.79. The van der Waals surface area contributed by atoms with E-state index in [1.807, 2.05) is 0 Å². The third-order valence-corrected chi connectivity index (χ3v) is 6.09. The van der Waals surface area contributed by atoms with Gasteiger partial charge in [0.05, 0.1) is 7.11 Å². The molecule has 10 heteroatoms. The standard InChI is InChI=1S/C14H25N5O4S/c1-17(2)24(21,22)19-7-5-11(6-8-19)9-15-13(20)12-10-18(3)16-14(12)23-4/h10-11H,5-9H2,1-4H3,(H,15,20). The maximum absolute atomic E-state index is 12.2. The van der Waals surface area contributed by atoms with E-state index in [0.717, 1.165) is 12.8 Å². The molecule has 0 aliphatic carbocycles. The summed E-state index contributed by atoms with van der Waals surface area (Å²) in [5.74, 6) is 0.315. The first-order chi connectivity index (χ1) is 11.3. The highest BCUT2D eigenvalue weighted by molar-refractivity contribution is 7.86. The second-order valence-corrected chi connectivity index (χ2v) is 8.21. The summed E-state index contributed by atoms with van der Waals surface area (Å²) in [4.78, 5) is 12.2. The van der Waals surface area contributed by atoms with Gasteiger partial charge in [-0.1, -0.05) is 0 Å². The molecule has 0 bridgehead atoms. The number of hydrogen-bond acceptors (Lipinski definition) is 5. The largest absolute Gasteiger partial charge is 0.479 e. The van der Waals surface area contributed by atoms with Crippen LogP contribution in [0.4, 0.5) is 0 Å². The number of carbonyl (C=O) groups excluding carboxylic acids is 1. The monoisotopic (exact) mass is 359 g/mol. The summed E-state index contributed by atoms with van der Waals surface area (Å²) in [7, 11) is 2.90. The number of aromatic nitrogens is 2. The second-order valence-electron chi connectivity index (χ2n) is 6.07. The molecule has 0 atom stereocenters. The molecule has 0 saturated carbocycles. The van der Waals surface area contributed by atoms with Gasteiger partial charge in [-0.05, 0) is 18.8 Å². The summed E-state index contributed by atoms with van der Waals surface area (Å²) in [6, 6.07) is 0. The normalized spacial score (nSPS) is 17.2. The molecular formula is C14H25N5O4S. The second kappa shape index (κ2) is 7.49. The van der Waals surface area contributed by atoms with E-state index in [1.54, 1.807) is 13.2 Å². The van der Waals surface area contributed by atoms with Crippen LogP contribution in [0.1, 0.15) is 23.2 Å². The predicted molar refractivity (Wildman–Crippen MR) is 89.0 cm³/mol. The number of hydrogen-bond donors (Lipinski definition) is 1. The summed E-state index contributed by atoms with van der Waals surface area (Å²) in [5, 5.41) is 6.94. The fraction of sp³-hybridized carbons (Fsp3) is 0.714. The molecule has 1 aliphatic rings. The quantitative estimate of drug-likeness (QED) is 0.751. The van der Waals surface area contributed by atoms with Gasteiger partial charge in [0, 0.05) is 47.0 Å². The topological polar surface area (TPSA) is 96.8 Å². The Bertz CT molecular complexity index is 677.